The van der Waals surface area contributed by atoms with E-state index in [0.29, 0.717) is 24.7 Å². The Balaban J connectivity index is 0.931. The van der Waals surface area contributed by atoms with Crippen molar-refractivity contribution in [3.63, 3.8) is 0 Å². The van der Waals surface area contributed by atoms with Crippen LogP contribution in [-0.2, 0) is 9.59 Å². The summed E-state index contributed by atoms with van der Waals surface area (Å²) in [6.45, 7) is 5.20. The van der Waals surface area contributed by atoms with Crippen LogP contribution in [0.4, 0.5) is 0 Å². The van der Waals surface area contributed by atoms with Gasteiger partial charge in [-0.15, -0.1) is 0 Å². The Morgan fingerprint density at radius 3 is 1.00 bits per heavy atom. The van der Waals surface area contributed by atoms with E-state index in [0.717, 1.165) is 61.7 Å². The maximum absolute atomic E-state index is 13.5. The Hall–Kier alpha value is -0.740. The summed E-state index contributed by atoms with van der Waals surface area (Å²) in [4.78, 5) is 31.8. The molecule has 8 aliphatic carbocycles. The van der Waals surface area contributed by atoms with Crippen molar-refractivity contribution in [2.45, 2.75) is 77.0 Å². The van der Waals surface area contributed by atoms with Crippen molar-refractivity contribution in [3.05, 3.63) is 0 Å². The first-order valence-electron chi connectivity index (χ1n) is 14.0. The van der Waals surface area contributed by atoms with E-state index in [1.165, 1.54) is 77.0 Å². The molecule has 4 heteroatoms. The third kappa shape index (κ3) is 3.37. The lowest BCUT2D eigenvalue weighted by Crippen LogP contribution is -2.56. The average Bonchev–Trinajstić information content (AvgIpc) is 2.73. The highest BCUT2D eigenvalue weighted by atomic mass is 16.1. The van der Waals surface area contributed by atoms with Gasteiger partial charge in [0.15, 0.2) is 11.6 Å². The molecule has 9 aliphatic rings. The second kappa shape index (κ2) is 7.38. The summed E-state index contributed by atoms with van der Waals surface area (Å²) < 4.78 is 0. The normalized spacial score (nSPS) is 49.6. The molecule has 0 unspecified atom stereocenters. The maximum atomic E-state index is 13.5. The van der Waals surface area contributed by atoms with Crippen molar-refractivity contribution in [3.8, 4) is 0 Å². The van der Waals surface area contributed by atoms with E-state index in [-0.39, 0.29) is 10.8 Å². The molecular weight excluding hydrogens is 396 g/mol. The first kappa shape index (κ1) is 20.6. The van der Waals surface area contributed by atoms with Crippen LogP contribution in [0.5, 0.6) is 0 Å². The standard InChI is InChI=1S/C28H42N2O2/c31-25(27-11-19-5-20(12-27)7-21(6-19)13-27)17-29-1-2-30(4-3-29)18-26(32)28-14-22-8-23(15-28)10-24(9-22)16-28/h19-24H,1-18H2. The molecule has 0 N–H and O–H groups in total. The number of nitrogens with zero attached hydrogens (tertiary/aromatic N) is 2. The lowest BCUT2D eigenvalue weighted by molar-refractivity contribution is -0.147. The number of hydrogen-bond acceptors (Lipinski definition) is 4. The van der Waals surface area contributed by atoms with Crippen LogP contribution >= 0.6 is 0 Å². The monoisotopic (exact) mass is 438 g/mol. The topological polar surface area (TPSA) is 40.6 Å². The third-order valence-electron chi connectivity index (χ3n) is 11.5. The van der Waals surface area contributed by atoms with Gasteiger partial charge in [-0.3, -0.25) is 19.4 Å². The summed E-state index contributed by atoms with van der Waals surface area (Å²) in [5, 5.41) is 0. The van der Waals surface area contributed by atoms with Gasteiger partial charge in [0.1, 0.15) is 0 Å². The fraction of sp³-hybridized carbons (Fsp3) is 0.929. The van der Waals surface area contributed by atoms with Crippen LogP contribution in [0.25, 0.3) is 0 Å². The smallest absolute Gasteiger partial charge is 0.152 e. The number of carbonyl (C=O) groups is 2. The number of hydrogen-bond donors (Lipinski definition) is 0. The molecule has 0 spiro atoms. The fourth-order valence-corrected chi connectivity index (χ4v) is 10.8. The largest absolute Gasteiger partial charge is 0.298 e. The van der Waals surface area contributed by atoms with E-state index in [1.807, 2.05) is 0 Å². The minimum absolute atomic E-state index is 0.0420. The van der Waals surface area contributed by atoms with Crippen LogP contribution in [0, 0.1) is 46.3 Å². The van der Waals surface area contributed by atoms with Crippen LogP contribution in [-0.4, -0.2) is 60.6 Å². The van der Waals surface area contributed by atoms with Gasteiger partial charge in [-0.05, 0) is 113 Å². The molecule has 32 heavy (non-hydrogen) atoms. The Bertz CT molecular complexity index is 659. The van der Waals surface area contributed by atoms with Crippen molar-refractivity contribution in [1.82, 2.24) is 9.80 Å². The van der Waals surface area contributed by atoms with Crippen molar-refractivity contribution in [2.24, 2.45) is 46.3 Å². The Labute approximate surface area is 193 Å². The highest BCUT2D eigenvalue weighted by molar-refractivity contribution is 5.88. The van der Waals surface area contributed by atoms with Gasteiger partial charge in [-0.2, -0.15) is 0 Å². The fourth-order valence-electron chi connectivity index (χ4n) is 10.8. The van der Waals surface area contributed by atoms with Gasteiger partial charge in [0, 0.05) is 37.0 Å². The summed E-state index contributed by atoms with van der Waals surface area (Å²) in [6.07, 6.45) is 15.6. The van der Waals surface area contributed by atoms with Gasteiger partial charge in [0.05, 0.1) is 13.1 Å². The molecule has 0 aromatic heterocycles. The minimum atomic E-state index is 0.0420. The molecule has 8 bridgehead atoms. The highest BCUT2D eigenvalue weighted by Gasteiger charge is 2.55. The number of ketones is 2. The van der Waals surface area contributed by atoms with Gasteiger partial charge >= 0.3 is 0 Å². The van der Waals surface area contributed by atoms with Crippen LogP contribution in [0.2, 0.25) is 0 Å². The van der Waals surface area contributed by atoms with E-state index in [4.69, 9.17) is 0 Å². The molecular formula is C28H42N2O2. The SMILES string of the molecule is O=C(CN1CCN(CC(=O)C23CC4CC(CC(C4)C2)C3)CC1)C12CC3CC(CC(C3)C1)C2. The van der Waals surface area contributed by atoms with Gasteiger partial charge < -0.3 is 0 Å². The van der Waals surface area contributed by atoms with E-state index in [2.05, 4.69) is 9.80 Å². The highest BCUT2D eigenvalue weighted by Crippen LogP contribution is 2.61. The molecule has 0 aromatic rings. The molecule has 1 heterocycles. The van der Waals surface area contributed by atoms with Crippen molar-refractivity contribution < 1.29 is 9.59 Å². The summed E-state index contributed by atoms with van der Waals surface area (Å²) in [5.74, 6) is 6.20. The molecule has 0 radical (unpaired) electrons. The molecule has 0 aromatic carbocycles. The maximum Gasteiger partial charge on any atom is 0.152 e. The quantitative estimate of drug-likeness (QED) is 0.624. The predicted molar refractivity (Wildman–Crippen MR) is 124 cm³/mol. The Kier molecular flexibility index (Phi) is 4.75. The van der Waals surface area contributed by atoms with Crippen molar-refractivity contribution in [2.75, 3.05) is 39.3 Å². The summed E-state index contributed by atoms with van der Waals surface area (Å²) in [7, 11) is 0. The first-order valence-corrected chi connectivity index (χ1v) is 14.0. The second-order valence-electron chi connectivity index (χ2n) is 13.8. The van der Waals surface area contributed by atoms with Gasteiger partial charge in [-0.1, -0.05) is 0 Å². The van der Waals surface area contributed by atoms with Crippen molar-refractivity contribution >= 4 is 11.6 Å². The third-order valence-corrected chi connectivity index (χ3v) is 11.5. The molecule has 0 atom stereocenters. The van der Waals surface area contributed by atoms with E-state index >= 15 is 0 Å². The lowest BCUT2D eigenvalue weighted by atomic mass is 9.48. The molecule has 9 rings (SSSR count). The number of carbonyl (C=O) groups excluding carboxylic acids is 2. The van der Waals surface area contributed by atoms with Gasteiger partial charge in [0.2, 0.25) is 0 Å². The summed E-state index contributed by atoms with van der Waals surface area (Å²) in [5.41, 5.74) is 0.0840. The molecule has 4 nitrogen and oxygen atoms in total. The van der Waals surface area contributed by atoms with Crippen LogP contribution < -0.4 is 0 Å². The van der Waals surface area contributed by atoms with Crippen molar-refractivity contribution in [1.29, 1.82) is 0 Å². The molecule has 176 valence electrons. The summed E-state index contributed by atoms with van der Waals surface area (Å²) in [6, 6.07) is 0. The van der Waals surface area contributed by atoms with Crippen LogP contribution in [0.1, 0.15) is 77.0 Å². The van der Waals surface area contributed by atoms with Gasteiger partial charge in [-0.25, -0.2) is 0 Å². The summed E-state index contributed by atoms with van der Waals surface area (Å²) >= 11 is 0. The van der Waals surface area contributed by atoms with E-state index in [1.54, 1.807) is 0 Å². The van der Waals surface area contributed by atoms with Crippen LogP contribution in [0.15, 0.2) is 0 Å². The molecule has 0 amide bonds. The number of rotatable bonds is 6. The molecule has 8 saturated carbocycles. The Morgan fingerprint density at radius 1 is 0.500 bits per heavy atom. The Morgan fingerprint density at radius 2 is 0.750 bits per heavy atom. The minimum Gasteiger partial charge on any atom is -0.298 e. The number of Topliss-reactive ketones (excluding diaryl/α,β-unsaturated/α-hetero) is 2. The predicted octanol–water partition coefficient (Wildman–Crippen LogP) is 4.18. The van der Waals surface area contributed by atoms with E-state index < -0.39 is 0 Å². The second-order valence-corrected chi connectivity index (χ2v) is 13.8. The van der Waals surface area contributed by atoms with E-state index in [9.17, 15) is 9.59 Å². The zero-order chi connectivity index (χ0) is 21.5. The zero-order valence-electron chi connectivity index (χ0n) is 19.9. The molecule has 1 saturated heterocycles. The number of piperazine rings is 1. The van der Waals surface area contributed by atoms with Gasteiger partial charge in [0.25, 0.3) is 0 Å². The molecule has 1 aliphatic heterocycles. The van der Waals surface area contributed by atoms with Crippen LogP contribution in [0.3, 0.4) is 0 Å². The molecule has 9 fully saturated rings. The average molecular weight is 439 g/mol. The zero-order valence-corrected chi connectivity index (χ0v) is 19.9. The lowest BCUT2D eigenvalue weighted by Gasteiger charge is -2.56. The first-order chi connectivity index (χ1) is 15.5.